The number of nitrogens with zero attached hydrogens (tertiary/aromatic N) is 2. The standard InChI is InChI=1S/C18H23N3O2/c1-11-18(2,14-9-12-5-6-13(14)8-12)17(23)21(20-11)10-16(22)15-4-3-7-19-15/h3-4,7,12-14,19H,5-6,8-10H2,1-2H3/t12?,13?,14?,18-/m1/s1. The summed E-state index contributed by atoms with van der Waals surface area (Å²) in [5.74, 6) is 1.74. The zero-order chi connectivity index (χ0) is 16.2. The summed E-state index contributed by atoms with van der Waals surface area (Å²) in [6.07, 6.45) is 6.68. The van der Waals surface area contributed by atoms with E-state index in [4.69, 9.17) is 0 Å². The molecule has 2 heterocycles. The lowest BCUT2D eigenvalue weighted by Crippen LogP contribution is -2.45. The number of nitrogens with one attached hydrogen (secondary N) is 1. The van der Waals surface area contributed by atoms with E-state index in [2.05, 4.69) is 10.1 Å². The molecule has 2 bridgehead atoms. The van der Waals surface area contributed by atoms with Crippen molar-refractivity contribution in [3.8, 4) is 0 Å². The van der Waals surface area contributed by atoms with E-state index in [1.165, 1.54) is 24.3 Å². The van der Waals surface area contributed by atoms with Crippen molar-refractivity contribution in [1.29, 1.82) is 0 Å². The lowest BCUT2D eigenvalue weighted by atomic mass is 9.66. The number of fused-ring (bicyclic) bond motifs is 2. The molecule has 4 rings (SSSR count). The van der Waals surface area contributed by atoms with Crippen LogP contribution in [0.25, 0.3) is 0 Å². The van der Waals surface area contributed by atoms with Crippen molar-refractivity contribution in [3.05, 3.63) is 24.0 Å². The number of H-pyrrole nitrogens is 1. The Morgan fingerprint density at radius 2 is 2.26 bits per heavy atom. The van der Waals surface area contributed by atoms with Gasteiger partial charge in [0.25, 0.3) is 5.91 Å². The van der Waals surface area contributed by atoms with Crippen LogP contribution in [0.2, 0.25) is 0 Å². The highest BCUT2D eigenvalue weighted by Crippen LogP contribution is 2.56. The Labute approximate surface area is 136 Å². The molecule has 122 valence electrons. The maximum atomic E-state index is 13.1. The highest BCUT2D eigenvalue weighted by molar-refractivity contribution is 6.12. The predicted octanol–water partition coefficient (Wildman–Crippen LogP) is 2.86. The summed E-state index contributed by atoms with van der Waals surface area (Å²) in [6, 6.07) is 3.52. The van der Waals surface area contributed by atoms with Crippen LogP contribution in [0.15, 0.2) is 23.4 Å². The van der Waals surface area contributed by atoms with E-state index >= 15 is 0 Å². The molecule has 5 nitrogen and oxygen atoms in total. The van der Waals surface area contributed by atoms with Gasteiger partial charge in [-0.2, -0.15) is 5.10 Å². The SMILES string of the molecule is CC1=NN(CC(=O)c2ccc[nH]2)C(=O)[C@@]1(C)C1CC2CCC1C2. The highest BCUT2D eigenvalue weighted by Gasteiger charge is 2.57. The quantitative estimate of drug-likeness (QED) is 0.869. The number of aromatic amines is 1. The molecule has 5 heteroatoms. The van der Waals surface area contributed by atoms with Crippen LogP contribution in [0.4, 0.5) is 0 Å². The van der Waals surface area contributed by atoms with Crippen LogP contribution >= 0.6 is 0 Å². The second-order valence-corrected chi connectivity index (χ2v) is 7.54. The van der Waals surface area contributed by atoms with E-state index < -0.39 is 5.41 Å². The molecule has 4 atom stereocenters. The van der Waals surface area contributed by atoms with Gasteiger partial charge in [0.1, 0.15) is 6.54 Å². The smallest absolute Gasteiger partial charge is 0.255 e. The Bertz CT molecular complexity index is 678. The normalized spacial score (nSPS) is 35.9. The maximum Gasteiger partial charge on any atom is 0.255 e. The molecule has 0 spiro atoms. The minimum absolute atomic E-state index is 0.00690. The van der Waals surface area contributed by atoms with E-state index in [0.29, 0.717) is 17.5 Å². The lowest BCUT2D eigenvalue weighted by molar-refractivity contribution is -0.138. The van der Waals surface area contributed by atoms with Crippen LogP contribution in [-0.4, -0.2) is 33.9 Å². The van der Waals surface area contributed by atoms with Gasteiger partial charge < -0.3 is 4.98 Å². The van der Waals surface area contributed by atoms with Gasteiger partial charge >= 0.3 is 0 Å². The van der Waals surface area contributed by atoms with Gasteiger partial charge in [0.15, 0.2) is 0 Å². The first-order valence-electron chi connectivity index (χ1n) is 8.54. The van der Waals surface area contributed by atoms with Crippen LogP contribution in [0.5, 0.6) is 0 Å². The van der Waals surface area contributed by atoms with Crippen LogP contribution in [0.3, 0.4) is 0 Å². The Kier molecular flexibility index (Phi) is 3.22. The number of hydrazone groups is 1. The van der Waals surface area contributed by atoms with Gasteiger partial charge in [0.05, 0.1) is 16.8 Å². The van der Waals surface area contributed by atoms with Crippen LogP contribution in [0, 0.1) is 23.2 Å². The van der Waals surface area contributed by atoms with E-state index in [0.717, 1.165) is 18.1 Å². The number of rotatable bonds is 4. The molecule has 2 fully saturated rings. The summed E-state index contributed by atoms with van der Waals surface area (Å²) in [7, 11) is 0. The molecule has 3 unspecified atom stereocenters. The van der Waals surface area contributed by atoms with Gasteiger partial charge in [-0.1, -0.05) is 6.42 Å². The number of hydrogen-bond donors (Lipinski definition) is 1. The van der Waals surface area contributed by atoms with E-state index in [1.807, 2.05) is 13.8 Å². The van der Waals surface area contributed by atoms with E-state index in [9.17, 15) is 9.59 Å². The molecule has 0 saturated heterocycles. The van der Waals surface area contributed by atoms with Gasteiger partial charge in [0.2, 0.25) is 5.78 Å². The Balaban J connectivity index is 1.54. The molecule has 2 aliphatic carbocycles. The molecule has 0 aromatic carbocycles. The number of aromatic nitrogens is 1. The summed E-state index contributed by atoms with van der Waals surface area (Å²) >= 11 is 0. The molecule has 1 amide bonds. The van der Waals surface area contributed by atoms with Crippen molar-refractivity contribution in [1.82, 2.24) is 9.99 Å². The molecule has 0 radical (unpaired) electrons. The minimum atomic E-state index is -0.518. The van der Waals surface area contributed by atoms with Crippen molar-refractivity contribution < 1.29 is 9.59 Å². The van der Waals surface area contributed by atoms with Crippen molar-refractivity contribution in [3.63, 3.8) is 0 Å². The molecule has 1 aliphatic heterocycles. The summed E-state index contributed by atoms with van der Waals surface area (Å²) in [5, 5.41) is 5.86. The number of ketones is 1. The highest BCUT2D eigenvalue weighted by atomic mass is 16.2. The summed E-state index contributed by atoms with van der Waals surface area (Å²) in [5.41, 5.74) is 0.883. The first-order valence-corrected chi connectivity index (χ1v) is 8.54. The number of carbonyl (C=O) groups is 2. The molecule has 2 saturated carbocycles. The van der Waals surface area contributed by atoms with Crippen LogP contribution < -0.4 is 0 Å². The largest absolute Gasteiger partial charge is 0.359 e. The number of carbonyl (C=O) groups excluding carboxylic acids is 2. The van der Waals surface area contributed by atoms with Crippen molar-refractivity contribution in [2.75, 3.05) is 6.54 Å². The number of hydrogen-bond acceptors (Lipinski definition) is 3. The fraction of sp³-hybridized carbons (Fsp3) is 0.611. The fourth-order valence-corrected chi connectivity index (χ4v) is 4.96. The van der Waals surface area contributed by atoms with Gasteiger partial charge in [0, 0.05) is 6.20 Å². The van der Waals surface area contributed by atoms with Gasteiger partial charge in [-0.25, -0.2) is 5.01 Å². The minimum Gasteiger partial charge on any atom is -0.359 e. The van der Waals surface area contributed by atoms with Gasteiger partial charge in [-0.05, 0) is 63.0 Å². The summed E-state index contributed by atoms with van der Waals surface area (Å²) in [4.78, 5) is 28.2. The van der Waals surface area contributed by atoms with Gasteiger partial charge in [-0.15, -0.1) is 0 Å². The maximum absolute atomic E-state index is 13.1. The first kappa shape index (κ1) is 14.7. The Hall–Kier alpha value is -1.91. The average Bonchev–Trinajstić information content (AvgIpc) is 3.30. The lowest BCUT2D eigenvalue weighted by Gasteiger charge is -2.35. The summed E-state index contributed by atoms with van der Waals surface area (Å²) in [6.45, 7) is 4.01. The first-order chi connectivity index (χ1) is 11.0. The zero-order valence-corrected chi connectivity index (χ0v) is 13.7. The topological polar surface area (TPSA) is 65.5 Å². The molecular weight excluding hydrogens is 290 g/mol. The second-order valence-electron chi connectivity index (χ2n) is 7.54. The monoisotopic (exact) mass is 313 g/mol. The van der Waals surface area contributed by atoms with Crippen molar-refractivity contribution >= 4 is 17.4 Å². The summed E-state index contributed by atoms with van der Waals surface area (Å²) < 4.78 is 0. The molecule has 1 N–H and O–H groups in total. The molecule has 1 aromatic rings. The third kappa shape index (κ3) is 2.09. The number of amides is 1. The third-order valence-electron chi connectivity index (χ3n) is 6.37. The third-order valence-corrected chi connectivity index (χ3v) is 6.37. The van der Waals surface area contributed by atoms with E-state index in [-0.39, 0.29) is 18.2 Å². The van der Waals surface area contributed by atoms with Crippen LogP contribution in [0.1, 0.15) is 50.0 Å². The molecule has 3 aliphatic rings. The number of Topliss-reactive ketones (excluding diaryl/α,β-unsaturated/α-hetero) is 1. The molecule has 1 aromatic heterocycles. The van der Waals surface area contributed by atoms with Gasteiger partial charge in [-0.3, -0.25) is 9.59 Å². The van der Waals surface area contributed by atoms with Crippen molar-refractivity contribution in [2.24, 2.45) is 28.3 Å². The Morgan fingerprint density at radius 3 is 2.87 bits per heavy atom. The van der Waals surface area contributed by atoms with Crippen molar-refractivity contribution in [2.45, 2.75) is 39.5 Å². The molecular formula is C18H23N3O2. The average molecular weight is 313 g/mol. The second kappa shape index (κ2) is 5.05. The van der Waals surface area contributed by atoms with Crippen LogP contribution in [-0.2, 0) is 4.79 Å². The zero-order valence-electron chi connectivity index (χ0n) is 13.7. The fourth-order valence-electron chi connectivity index (χ4n) is 4.96. The van der Waals surface area contributed by atoms with E-state index in [1.54, 1.807) is 18.3 Å². The Morgan fingerprint density at radius 1 is 1.43 bits per heavy atom. The molecule has 23 heavy (non-hydrogen) atoms. The predicted molar refractivity (Wildman–Crippen MR) is 87.0 cm³/mol.